The smallest absolute Gasteiger partial charge is 0.338 e. The molecule has 0 spiro atoms. The van der Waals surface area contributed by atoms with E-state index in [9.17, 15) is 24.5 Å². The molecule has 152 valence electrons. The lowest BCUT2D eigenvalue weighted by Crippen LogP contribution is -2.41. The summed E-state index contributed by atoms with van der Waals surface area (Å²) in [6.07, 6.45) is 0. The lowest BCUT2D eigenvalue weighted by molar-refractivity contribution is -0.385. The number of amides is 3. The van der Waals surface area contributed by atoms with E-state index in [-0.39, 0.29) is 24.5 Å². The van der Waals surface area contributed by atoms with Crippen molar-refractivity contribution in [1.29, 1.82) is 0 Å². The zero-order valence-corrected chi connectivity index (χ0v) is 15.5. The van der Waals surface area contributed by atoms with Gasteiger partial charge in [-0.1, -0.05) is 30.3 Å². The van der Waals surface area contributed by atoms with Crippen LogP contribution in [0.2, 0.25) is 0 Å². The van der Waals surface area contributed by atoms with Gasteiger partial charge in [0.15, 0.2) is 12.4 Å². The summed E-state index contributed by atoms with van der Waals surface area (Å²) in [7, 11) is 0. The highest BCUT2D eigenvalue weighted by Crippen LogP contribution is 2.28. The van der Waals surface area contributed by atoms with Crippen molar-refractivity contribution in [2.24, 2.45) is 0 Å². The fourth-order valence-corrected chi connectivity index (χ4v) is 2.26. The average molecular weight is 401 g/mol. The van der Waals surface area contributed by atoms with E-state index in [2.05, 4.69) is 5.32 Å². The molecule has 0 aliphatic carbocycles. The maximum atomic E-state index is 12.0. The van der Waals surface area contributed by atoms with E-state index in [1.807, 2.05) is 23.5 Å². The number of carbonyl (C=O) groups excluding carboxylic acids is 3. The lowest BCUT2D eigenvalue weighted by Gasteiger charge is -2.08. The molecule has 10 nitrogen and oxygen atoms in total. The largest absolute Gasteiger partial charge is 0.487 e. The van der Waals surface area contributed by atoms with Gasteiger partial charge in [-0.3, -0.25) is 20.2 Å². The molecule has 0 saturated heterocycles. The van der Waals surface area contributed by atoms with Crippen molar-refractivity contribution in [1.82, 2.24) is 10.6 Å². The number of nitro benzene ring substituents is 1. The van der Waals surface area contributed by atoms with Crippen LogP contribution in [0.5, 0.6) is 5.75 Å². The van der Waals surface area contributed by atoms with Crippen molar-refractivity contribution in [2.75, 3.05) is 13.2 Å². The third-order valence-electron chi connectivity index (χ3n) is 3.57. The number of hydrogen-bond acceptors (Lipinski definition) is 7. The van der Waals surface area contributed by atoms with Crippen LogP contribution in [-0.2, 0) is 16.1 Å². The first-order valence-electron chi connectivity index (χ1n) is 8.60. The monoisotopic (exact) mass is 401 g/mol. The molecule has 0 radical (unpaired) electrons. The Balaban J connectivity index is 1.85. The van der Waals surface area contributed by atoms with Crippen LogP contribution >= 0.6 is 0 Å². The Hall–Kier alpha value is -3.95. The quantitative estimate of drug-likeness (QED) is 0.393. The Morgan fingerprint density at radius 2 is 1.83 bits per heavy atom. The standard InChI is InChI=1S/C19H19N3O7/c1-2-28-16-9-8-14(10-15(16)22(26)27)18(24)29-12-17(23)21-19(25)20-11-13-6-4-3-5-7-13/h3-10H,2,11-12H2,1H3,(H2,20,21,23,25). The van der Waals surface area contributed by atoms with Crippen molar-refractivity contribution in [3.63, 3.8) is 0 Å². The molecule has 0 unspecified atom stereocenters. The van der Waals surface area contributed by atoms with Crippen LogP contribution in [0.25, 0.3) is 0 Å². The summed E-state index contributed by atoms with van der Waals surface area (Å²) >= 11 is 0. The Labute approximate surface area is 166 Å². The van der Waals surface area contributed by atoms with Crippen LogP contribution in [0.3, 0.4) is 0 Å². The van der Waals surface area contributed by atoms with Gasteiger partial charge in [0.2, 0.25) is 0 Å². The molecule has 0 saturated carbocycles. The first-order valence-corrected chi connectivity index (χ1v) is 8.60. The van der Waals surface area contributed by atoms with Crippen molar-refractivity contribution < 1.29 is 28.8 Å². The molecule has 2 N–H and O–H groups in total. The van der Waals surface area contributed by atoms with E-state index in [0.717, 1.165) is 11.6 Å². The van der Waals surface area contributed by atoms with Gasteiger partial charge in [0.05, 0.1) is 17.1 Å². The summed E-state index contributed by atoms with van der Waals surface area (Å²) in [5.41, 5.74) is 0.325. The van der Waals surface area contributed by atoms with Gasteiger partial charge in [-0.05, 0) is 24.6 Å². The van der Waals surface area contributed by atoms with Crippen molar-refractivity contribution >= 4 is 23.6 Å². The fraction of sp³-hybridized carbons (Fsp3) is 0.211. The SMILES string of the molecule is CCOc1ccc(C(=O)OCC(=O)NC(=O)NCc2ccccc2)cc1[N+](=O)[O-]. The number of ether oxygens (including phenoxy) is 2. The van der Waals surface area contributed by atoms with Crippen molar-refractivity contribution in [3.8, 4) is 5.75 Å². The summed E-state index contributed by atoms with van der Waals surface area (Å²) in [4.78, 5) is 45.8. The molecule has 0 aliphatic heterocycles. The summed E-state index contributed by atoms with van der Waals surface area (Å²) in [5, 5.41) is 15.6. The normalized spacial score (nSPS) is 9.97. The lowest BCUT2D eigenvalue weighted by atomic mass is 10.2. The van der Waals surface area contributed by atoms with Crippen LogP contribution in [0.4, 0.5) is 10.5 Å². The van der Waals surface area contributed by atoms with E-state index < -0.39 is 35.1 Å². The first-order chi connectivity index (χ1) is 13.9. The molecule has 29 heavy (non-hydrogen) atoms. The van der Waals surface area contributed by atoms with Gasteiger partial charge in [0.25, 0.3) is 5.91 Å². The maximum absolute atomic E-state index is 12.0. The zero-order chi connectivity index (χ0) is 21.2. The molecule has 0 aromatic heterocycles. The third-order valence-corrected chi connectivity index (χ3v) is 3.57. The minimum absolute atomic E-state index is 0.0156. The number of rotatable bonds is 8. The molecule has 0 bridgehead atoms. The number of hydrogen-bond donors (Lipinski definition) is 2. The Bertz CT molecular complexity index is 900. The molecule has 0 heterocycles. The highest BCUT2D eigenvalue weighted by Gasteiger charge is 2.20. The number of benzene rings is 2. The summed E-state index contributed by atoms with van der Waals surface area (Å²) in [6.45, 7) is 1.38. The van der Waals surface area contributed by atoms with Gasteiger partial charge >= 0.3 is 17.7 Å². The Kier molecular flexibility index (Phi) is 7.66. The molecule has 0 fully saturated rings. The summed E-state index contributed by atoms with van der Waals surface area (Å²) in [5.74, 6) is -1.78. The molecule has 0 aliphatic rings. The second-order valence-electron chi connectivity index (χ2n) is 5.67. The van der Waals surface area contributed by atoms with E-state index >= 15 is 0 Å². The van der Waals surface area contributed by atoms with Crippen molar-refractivity contribution in [2.45, 2.75) is 13.5 Å². The number of imide groups is 1. The highest BCUT2D eigenvalue weighted by molar-refractivity contribution is 5.97. The number of nitrogens with one attached hydrogen (secondary N) is 2. The van der Waals surface area contributed by atoms with Crippen LogP contribution in [0.15, 0.2) is 48.5 Å². The Morgan fingerprint density at radius 1 is 1.10 bits per heavy atom. The molecular weight excluding hydrogens is 382 g/mol. The molecular formula is C19H19N3O7. The van der Waals surface area contributed by atoms with E-state index in [1.54, 1.807) is 19.1 Å². The summed E-state index contributed by atoms with van der Waals surface area (Å²) in [6, 6.07) is 11.9. The van der Waals surface area contributed by atoms with Gasteiger partial charge in [0.1, 0.15) is 0 Å². The van der Waals surface area contributed by atoms with Gasteiger partial charge in [-0.15, -0.1) is 0 Å². The fourth-order valence-electron chi connectivity index (χ4n) is 2.26. The van der Waals surface area contributed by atoms with Gasteiger partial charge in [0, 0.05) is 12.6 Å². The van der Waals surface area contributed by atoms with E-state index in [1.165, 1.54) is 12.1 Å². The van der Waals surface area contributed by atoms with Crippen LogP contribution in [0, 0.1) is 10.1 Å². The number of urea groups is 1. The average Bonchev–Trinajstić information content (AvgIpc) is 2.71. The molecule has 10 heteroatoms. The second-order valence-corrected chi connectivity index (χ2v) is 5.67. The first kappa shape index (κ1) is 21.4. The number of nitro groups is 1. The van der Waals surface area contributed by atoms with Gasteiger partial charge in [-0.25, -0.2) is 9.59 Å². The molecule has 2 rings (SSSR count). The minimum Gasteiger partial charge on any atom is -0.487 e. The van der Waals surface area contributed by atoms with Crippen molar-refractivity contribution in [3.05, 3.63) is 69.8 Å². The predicted octanol–water partition coefficient (Wildman–Crippen LogP) is 2.18. The van der Waals surface area contributed by atoms with Gasteiger partial charge in [-0.2, -0.15) is 0 Å². The second kappa shape index (κ2) is 10.4. The molecule has 2 aromatic rings. The molecule has 3 amide bonds. The maximum Gasteiger partial charge on any atom is 0.338 e. The van der Waals surface area contributed by atoms with Crippen LogP contribution < -0.4 is 15.4 Å². The minimum atomic E-state index is -0.948. The zero-order valence-electron chi connectivity index (χ0n) is 15.5. The summed E-state index contributed by atoms with van der Waals surface area (Å²) < 4.78 is 9.92. The number of esters is 1. The Morgan fingerprint density at radius 3 is 2.48 bits per heavy atom. The van der Waals surface area contributed by atoms with E-state index in [4.69, 9.17) is 9.47 Å². The van der Waals surface area contributed by atoms with Gasteiger partial charge < -0.3 is 14.8 Å². The molecule has 0 atom stereocenters. The number of carbonyl (C=O) groups is 3. The topological polar surface area (TPSA) is 137 Å². The third kappa shape index (κ3) is 6.61. The van der Waals surface area contributed by atoms with Crippen LogP contribution in [0.1, 0.15) is 22.8 Å². The van der Waals surface area contributed by atoms with Crippen LogP contribution in [-0.4, -0.2) is 36.0 Å². The number of nitrogens with zero attached hydrogens (tertiary/aromatic N) is 1. The highest BCUT2D eigenvalue weighted by atomic mass is 16.6. The predicted molar refractivity (Wildman–Crippen MR) is 101 cm³/mol. The molecule has 2 aromatic carbocycles. The van der Waals surface area contributed by atoms with E-state index in [0.29, 0.717) is 0 Å².